The molecule has 1 aromatic rings. The van der Waals surface area contributed by atoms with Gasteiger partial charge in [-0.2, -0.15) is 0 Å². The molecule has 0 aliphatic rings. The molecule has 5 N–H and O–H groups in total. The number of nitrogens with two attached hydrogens (primary N) is 2. The van der Waals surface area contributed by atoms with Gasteiger partial charge in [-0.3, -0.25) is 4.79 Å². The van der Waals surface area contributed by atoms with Crippen LogP contribution in [0.1, 0.15) is 29.8 Å². The van der Waals surface area contributed by atoms with Crippen molar-refractivity contribution in [2.75, 3.05) is 11.9 Å². The number of amides is 1. The third-order valence-corrected chi connectivity index (χ3v) is 2.24. The van der Waals surface area contributed by atoms with Crippen molar-refractivity contribution < 1.29 is 4.79 Å². The topological polar surface area (TPSA) is 81.1 Å². The average molecular weight is 221 g/mol. The van der Waals surface area contributed by atoms with Crippen LogP contribution in [0.4, 0.5) is 5.69 Å². The van der Waals surface area contributed by atoms with Crippen LogP contribution in [0.2, 0.25) is 0 Å². The first-order chi connectivity index (χ1) is 7.29. The number of aryl methyl sites for hydroxylation is 1. The molecule has 16 heavy (non-hydrogen) atoms. The highest BCUT2D eigenvalue weighted by molar-refractivity contribution is 5.94. The third kappa shape index (κ3) is 3.55. The zero-order valence-corrected chi connectivity index (χ0v) is 10.0. The number of hydrogen-bond donors (Lipinski definition) is 3. The lowest BCUT2D eigenvalue weighted by Crippen LogP contribution is -2.39. The summed E-state index contributed by atoms with van der Waals surface area (Å²) < 4.78 is 0. The molecule has 1 rings (SSSR count). The van der Waals surface area contributed by atoms with Crippen LogP contribution in [0.15, 0.2) is 18.2 Å². The number of hydrogen-bond acceptors (Lipinski definition) is 3. The van der Waals surface area contributed by atoms with E-state index in [1.807, 2.05) is 32.9 Å². The van der Waals surface area contributed by atoms with Crippen LogP contribution in [-0.4, -0.2) is 18.0 Å². The second-order valence-electron chi connectivity index (χ2n) is 4.74. The molecule has 0 unspecified atom stereocenters. The Hall–Kier alpha value is -1.55. The SMILES string of the molecule is Cc1cc(NCC(C)(C)N)ccc1C(N)=O. The molecule has 0 spiro atoms. The van der Waals surface area contributed by atoms with Crippen molar-refractivity contribution in [3.05, 3.63) is 29.3 Å². The Kier molecular flexibility index (Phi) is 3.55. The number of rotatable bonds is 4. The van der Waals surface area contributed by atoms with Gasteiger partial charge >= 0.3 is 0 Å². The first-order valence-electron chi connectivity index (χ1n) is 5.23. The van der Waals surface area contributed by atoms with Crippen molar-refractivity contribution in [3.63, 3.8) is 0 Å². The van der Waals surface area contributed by atoms with Gasteiger partial charge in [0.1, 0.15) is 0 Å². The van der Waals surface area contributed by atoms with E-state index in [1.54, 1.807) is 6.07 Å². The molecule has 0 aliphatic heterocycles. The summed E-state index contributed by atoms with van der Waals surface area (Å²) >= 11 is 0. The molecular formula is C12H19N3O. The largest absolute Gasteiger partial charge is 0.383 e. The third-order valence-electron chi connectivity index (χ3n) is 2.24. The summed E-state index contributed by atoms with van der Waals surface area (Å²) in [5, 5.41) is 3.21. The maximum absolute atomic E-state index is 11.0. The lowest BCUT2D eigenvalue weighted by molar-refractivity contribution is 0.1000. The normalized spacial score (nSPS) is 11.2. The molecule has 0 bridgehead atoms. The van der Waals surface area contributed by atoms with E-state index in [9.17, 15) is 4.79 Å². The van der Waals surface area contributed by atoms with Crippen molar-refractivity contribution in [1.82, 2.24) is 0 Å². The van der Waals surface area contributed by atoms with Gasteiger partial charge in [-0.15, -0.1) is 0 Å². The molecule has 0 heterocycles. The number of nitrogens with one attached hydrogen (secondary N) is 1. The number of carbonyl (C=O) groups is 1. The fraction of sp³-hybridized carbons (Fsp3) is 0.417. The number of benzene rings is 1. The second kappa shape index (κ2) is 4.53. The van der Waals surface area contributed by atoms with Gasteiger partial charge in [0, 0.05) is 23.3 Å². The zero-order chi connectivity index (χ0) is 12.3. The highest BCUT2D eigenvalue weighted by Crippen LogP contribution is 2.15. The molecule has 0 saturated heterocycles. The fourth-order valence-electron chi connectivity index (χ4n) is 1.38. The smallest absolute Gasteiger partial charge is 0.248 e. The second-order valence-corrected chi connectivity index (χ2v) is 4.74. The summed E-state index contributed by atoms with van der Waals surface area (Å²) in [6.07, 6.45) is 0. The Morgan fingerprint density at radius 3 is 2.50 bits per heavy atom. The van der Waals surface area contributed by atoms with Crippen LogP contribution in [0.3, 0.4) is 0 Å². The molecule has 0 saturated carbocycles. The molecule has 0 aliphatic carbocycles. The first kappa shape index (κ1) is 12.5. The molecule has 4 heteroatoms. The molecule has 1 amide bonds. The maximum Gasteiger partial charge on any atom is 0.248 e. The van der Waals surface area contributed by atoms with Gasteiger partial charge in [0.25, 0.3) is 0 Å². The van der Waals surface area contributed by atoms with E-state index < -0.39 is 5.91 Å². The van der Waals surface area contributed by atoms with E-state index in [4.69, 9.17) is 11.5 Å². The van der Waals surface area contributed by atoms with Crippen LogP contribution in [0, 0.1) is 6.92 Å². The predicted molar refractivity (Wildman–Crippen MR) is 66.5 cm³/mol. The molecule has 1 aromatic carbocycles. The van der Waals surface area contributed by atoms with Crippen molar-refractivity contribution in [2.45, 2.75) is 26.3 Å². The lowest BCUT2D eigenvalue weighted by atomic mass is 10.1. The van der Waals surface area contributed by atoms with Crippen molar-refractivity contribution in [1.29, 1.82) is 0 Å². The summed E-state index contributed by atoms with van der Waals surface area (Å²) in [6.45, 7) is 6.43. The zero-order valence-electron chi connectivity index (χ0n) is 10.0. The van der Waals surface area contributed by atoms with Crippen molar-refractivity contribution in [2.24, 2.45) is 11.5 Å². The Morgan fingerprint density at radius 1 is 1.44 bits per heavy atom. The Labute approximate surface area is 96.0 Å². The summed E-state index contributed by atoms with van der Waals surface area (Å²) in [7, 11) is 0. The monoisotopic (exact) mass is 221 g/mol. The van der Waals surface area contributed by atoms with E-state index in [2.05, 4.69) is 5.32 Å². The average Bonchev–Trinajstić information content (AvgIpc) is 2.13. The molecule has 0 fully saturated rings. The van der Waals surface area contributed by atoms with Gasteiger partial charge in [-0.1, -0.05) is 0 Å². The Bertz CT molecular complexity index is 394. The van der Waals surface area contributed by atoms with Gasteiger partial charge in [0.05, 0.1) is 0 Å². The van der Waals surface area contributed by atoms with E-state index in [0.717, 1.165) is 11.3 Å². The van der Waals surface area contributed by atoms with Gasteiger partial charge in [0.15, 0.2) is 0 Å². The molecule has 4 nitrogen and oxygen atoms in total. The summed E-state index contributed by atoms with van der Waals surface area (Å²) in [4.78, 5) is 11.0. The predicted octanol–water partition coefficient (Wildman–Crippen LogP) is 1.24. The van der Waals surface area contributed by atoms with E-state index >= 15 is 0 Å². The van der Waals surface area contributed by atoms with Crippen LogP contribution in [0.5, 0.6) is 0 Å². The summed E-state index contributed by atoms with van der Waals surface area (Å²) in [6, 6.07) is 5.45. The van der Waals surface area contributed by atoms with Gasteiger partial charge in [-0.25, -0.2) is 0 Å². The summed E-state index contributed by atoms with van der Waals surface area (Å²) in [5.74, 6) is -0.400. The standard InChI is InChI=1S/C12H19N3O/c1-8-6-9(15-7-12(2,3)14)4-5-10(8)11(13)16/h4-6,15H,7,14H2,1-3H3,(H2,13,16). The molecule has 0 atom stereocenters. The van der Waals surface area contributed by atoms with Crippen LogP contribution < -0.4 is 16.8 Å². The van der Waals surface area contributed by atoms with E-state index in [-0.39, 0.29) is 5.54 Å². The van der Waals surface area contributed by atoms with Gasteiger partial charge in [-0.05, 0) is 44.5 Å². The first-order valence-corrected chi connectivity index (χ1v) is 5.23. The van der Waals surface area contributed by atoms with Gasteiger partial charge in [0.2, 0.25) is 5.91 Å². The number of primary amides is 1. The van der Waals surface area contributed by atoms with Gasteiger partial charge < -0.3 is 16.8 Å². The molecular weight excluding hydrogens is 202 g/mol. The highest BCUT2D eigenvalue weighted by Gasteiger charge is 2.10. The van der Waals surface area contributed by atoms with E-state index in [1.165, 1.54) is 0 Å². The van der Waals surface area contributed by atoms with Crippen molar-refractivity contribution >= 4 is 11.6 Å². The number of carbonyl (C=O) groups excluding carboxylic acids is 1. The summed E-state index contributed by atoms with van der Waals surface area (Å²) in [5.41, 5.74) is 13.2. The highest BCUT2D eigenvalue weighted by atomic mass is 16.1. The Morgan fingerprint density at radius 2 is 2.06 bits per heavy atom. The molecule has 0 radical (unpaired) electrons. The maximum atomic E-state index is 11.0. The van der Waals surface area contributed by atoms with Crippen molar-refractivity contribution in [3.8, 4) is 0 Å². The minimum Gasteiger partial charge on any atom is -0.383 e. The van der Waals surface area contributed by atoms with E-state index in [0.29, 0.717) is 12.1 Å². The minimum absolute atomic E-state index is 0.268. The molecule has 88 valence electrons. The van der Waals surface area contributed by atoms with Crippen LogP contribution >= 0.6 is 0 Å². The quantitative estimate of drug-likeness (QED) is 0.715. The van der Waals surface area contributed by atoms with Crippen LogP contribution in [0.25, 0.3) is 0 Å². The molecule has 0 aromatic heterocycles. The van der Waals surface area contributed by atoms with Crippen LogP contribution in [-0.2, 0) is 0 Å². The lowest BCUT2D eigenvalue weighted by Gasteiger charge is -2.20. The number of anilines is 1. The minimum atomic E-state index is -0.400. The fourth-order valence-corrected chi connectivity index (χ4v) is 1.38. The Balaban J connectivity index is 2.78.